The van der Waals surface area contributed by atoms with Crippen LogP contribution < -0.4 is 10.6 Å². The second kappa shape index (κ2) is 11.2. The van der Waals surface area contributed by atoms with Crippen LogP contribution in [0.5, 0.6) is 0 Å². The monoisotopic (exact) mass is 418 g/mol. The van der Waals surface area contributed by atoms with Crippen molar-refractivity contribution in [3.8, 4) is 0 Å². The molecule has 168 valence electrons. The van der Waals surface area contributed by atoms with E-state index in [1.807, 2.05) is 0 Å². The molecule has 2 rings (SSSR count). The van der Waals surface area contributed by atoms with Gasteiger partial charge in [-0.15, -0.1) is 0 Å². The Morgan fingerprint density at radius 2 is 1.93 bits per heavy atom. The summed E-state index contributed by atoms with van der Waals surface area (Å²) in [5.74, 6) is -0.435. The predicted molar refractivity (Wildman–Crippen MR) is 102 cm³/mol. The van der Waals surface area contributed by atoms with E-state index in [4.69, 9.17) is 18.9 Å². The maximum Gasteiger partial charge on any atom is 0.220 e. The highest BCUT2D eigenvalue weighted by Crippen LogP contribution is 2.43. The molecule has 0 spiro atoms. The summed E-state index contributed by atoms with van der Waals surface area (Å²) < 4.78 is 21.6. The lowest BCUT2D eigenvalue weighted by Crippen LogP contribution is -2.74. The average molecular weight is 418 g/mol. The maximum absolute atomic E-state index is 12.0. The Hall–Kier alpha value is -1.30. The van der Waals surface area contributed by atoms with Crippen molar-refractivity contribution < 1.29 is 38.7 Å². The van der Waals surface area contributed by atoms with Crippen molar-refractivity contribution in [2.75, 3.05) is 34.0 Å². The lowest BCUT2D eigenvalue weighted by molar-refractivity contribution is -0.330. The summed E-state index contributed by atoms with van der Waals surface area (Å²) in [6.07, 6.45) is 0.0786. The molecule has 0 aromatic heterocycles. The Labute approximate surface area is 171 Å². The molecule has 0 aromatic carbocycles. The third-order valence-corrected chi connectivity index (χ3v) is 5.36. The van der Waals surface area contributed by atoms with E-state index in [-0.39, 0.29) is 17.9 Å². The fourth-order valence-corrected chi connectivity index (χ4v) is 3.73. The van der Waals surface area contributed by atoms with Gasteiger partial charge in [-0.1, -0.05) is 0 Å². The van der Waals surface area contributed by atoms with E-state index < -0.39 is 30.1 Å². The Kier molecular flexibility index (Phi) is 9.25. The van der Waals surface area contributed by atoms with Crippen LogP contribution in [0.25, 0.3) is 0 Å². The van der Waals surface area contributed by atoms with Gasteiger partial charge in [0.05, 0.1) is 25.4 Å². The van der Waals surface area contributed by atoms with Crippen LogP contribution in [0.1, 0.15) is 39.0 Å². The van der Waals surface area contributed by atoms with E-state index in [0.29, 0.717) is 51.9 Å². The third-order valence-electron chi connectivity index (χ3n) is 5.36. The van der Waals surface area contributed by atoms with E-state index in [9.17, 15) is 19.8 Å². The first kappa shape index (κ1) is 24.0. The standard InChI is InChI=1S/C19H34N2O8/c1-12(22)20-16-17(24)19(25)8-7-14(19)29-18(16)28-9-5-4-6-15(23)21-13(10-26-2)11-27-3/h13-14,16-18,24-25H,4-11H2,1-3H3,(H,20,22)(H,21,23)/t14?,16?,17?,18-,19+/m1/s1. The molecule has 29 heavy (non-hydrogen) atoms. The van der Waals surface area contributed by atoms with Gasteiger partial charge in [0.1, 0.15) is 17.7 Å². The number of amides is 2. The molecule has 0 aromatic rings. The number of unbranched alkanes of at least 4 members (excludes halogenated alkanes) is 1. The number of carbonyl (C=O) groups excluding carboxylic acids is 2. The van der Waals surface area contributed by atoms with Crippen LogP contribution in [-0.4, -0.2) is 92.3 Å². The smallest absolute Gasteiger partial charge is 0.220 e. The highest BCUT2D eigenvalue weighted by molar-refractivity contribution is 5.76. The van der Waals surface area contributed by atoms with Crippen molar-refractivity contribution in [3.05, 3.63) is 0 Å². The zero-order chi connectivity index (χ0) is 21.4. The molecule has 3 unspecified atom stereocenters. The van der Waals surface area contributed by atoms with Crippen molar-refractivity contribution in [2.45, 2.75) is 75.2 Å². The van der Waals surface area contributed by atoms with E-state index in [2.05, 4.69) is 10.6 Å². The summed E-state index contributed by atoms with van der Waals surface area (Å²) >= 11 is 0. The molecule has 1 heterocycles. The fraction of sp³-hybridized carbons (Fsp3) is 0.895. The van der Waals surface area contributed by atoms with Gasteiger partial charge in [-0.25, -0.2) is 0 Å². The van der Waals surface area contributed by atoms with E-state index >= 15 is 0 Å². The second-order valence-electron chi connectivity index (χ2n) is 7.70. The van der Waals surface area contributed by atoms with E-state index in [1.165, 1.54) is 6.92 Å². The molecule has 2 amide bonds. The number of ether oxygens (including phenoxy) is 4. The van der Waals surface area contributed by atoms with Gasteiger partial charge in [-0.3, -0.25) is 9.59 Å². The van der Waals surface area contributed by atoms with Crippen LogP contribution >= 0.6 is 0 Å². The molecule has 1 saturated heterocycles. The maximum atomic E-state index is 12.0. The molecular formula is C19H34N2O8. The summed E-state index contributed by atoms with van der Waals surface area (Å²) in [5.41, 5.74) is -1.34. The van der Waals surface area contributed by atoms with Gasteiger partial charge in [0.25, 0.3) is 0 Å². The summed E-state index contributed by atoms with van der Waals surface area (Å²) in [6.45, 7) is 2.38. The van der Waals surface area contributed by atoms with Crippen LogP contribution in [0.3, 0.4) is 0 Å². The third kappa shape index (κ3) is 6.34. The fourth-order valence-electron chi connectivity index (χ4n) is 3.73. The molecule has 4 N–H and O–H groups in total. The van der Waals surface area contributed by atoms with Crippen molar-refractivity contribution >= 4 is 11.8 Å². The Bertz CT molecular complexity index is 542. The highest BCUT2D eigenvalue weighted by Gasteiger charge is 2.60. The number of hydrogen-bond donors (Lipinski definition) is 4. The molecule has 5 atom stereocenters. The molecule has 10 heteroatoms. The zero-order valence-corrected chi connectivity index (χ0v) is 17.4. The quantitative estimate of drug-likeness (QED) is 0.299. The number of carbonyl (C=O) groups is 2. The molecule has 2 fully saturated rings. The normalized spacial score (nSPS) is 31.1. The van der Waals surface area contributed by atoms with Gasteiger partial charge >= 0.3 is 0 Å². The van der Waals surface area contributed by atoms with Crippen LogP contribution in [0.4, 0.5) is 0 Å². The molecule has 0 radical (unpaired) electrons. The van der Waals surface area contributed by atoms with Crippen LogP contribution in [0.15, 0.2) is 0 Å². The molecular weight excluding hydrogens is 384 g/mol. The number of aliphatic hydroxyl groups is 2. The summed E-state index contributed by atoms with van der Waals surface area (Å²) in [6, 6.07) is -1.04. The first-order valence-corrected chi connectivity index (χ1v) is 10.0. The molecule has 10 nitrogen and oxygen atoms in total. The van der Waals surface area contributed by atoms with Gasteiger partial charge in [-0.05, 0) is 25.7 Å². The lowest BCUT2D eigenvalue weighted by Gasteiger charge is -2.55. The predicted octanol–water partition coefficient (Wildman–Crippen LogP) is -0.934. The van der Waals surface area contributed by atoms with Crippen molar-refractivity contribution in [1.29, 1.82) is 0 Å². The Morgan fingerprint density at radius 3 is 2.48 bits per heavy atom. The van der Waals surface area contributed by atoms with Crippen molar-refractivity contribution in [2.24, 2.45) is 0 Å². The lowest BCUT2D eigenvalue weighted by atomic mass is 9.69. The number of hydrogen-bond acceptors (Lipinski definition) is 8. The minimum Gasteiger partial charge on any atom is -0.388 e. The summed E-state index contributed by atoms with van der Waals surface area (Å²) in [7, 11) is 3.13. The minimum atomic E-state index is -1.34. The molecule has 1 aliphatic heterocycles. The summed E-state index contributed by atoms with van der Waals surface area (Å²) in [5, 5.41) is 26.4. The molecule has 2 aliphatic rings. The topological polar surface area (TPSA) is 136 Å². The van der Waals surface area contributed by atoms with Gasteiger partial charge in [0, 0.05) is 34.2 Å². The first-order chi connectivity index (χ1) is 13.8. The highest BCUT2D eigenvalue weighted by atomic mass is 16.7. The molecule has 1 aliphatic carbocycles. The van der Waals surface area contributed by atoms with Gasteiger partial charge in [0.2, 0.25) is 11.8 Å². The number of nitrogens with one attached hydrogen (secondary N) is 2. The largest absolute Gasteiger partial charge is 0.388 e. The van der Waals surface area contributed by atoms with Gasteiger partial charge in [0.15, 0.2) is 6.29 Å². The first-order valence-electron chi connectivity index (χ1n) is 10.0. The Balaban J connectivity index is 1.73. The Morgan fingerprint density at radius 1 is 1.24 bits per heavy atom. The van der Waals surface area contributed by atoms with Crippen LogP contribution in [-0.2, 0) is 28.5 Å². The molecule has 1 saturated carbocycles. The van der Waals surface area contributed by atoms with Crippen molar-refractivity contribution in [1.82, 2.24) is 10.6 Å². The average Bonchev–Trinajstić information content (AvgIpc) is 2.65. The van der Waals surface area contributed by atoms with E-state index in [0.717, 1.165) is 0 Å². The van der Waals surface area contributed by atoms with Crippen LogP contribution in [0.2, 0.25) is 0 Å². The van der Waals surface area contributed by atoms with E-state index in [1.54, 1.807) is 14.2 Å². The summed E-state index contributed by atoms with van der Waals surface area (Å²) in [4.78, 5) is 23.5. The van der Waals surface area contributed by atoms with Crippen LogP contribution in [0, 0.1) is 0 Å². The van der Waals surface area contributed by atoms with Gasteiger partial charge in [-0.2, -0.15) is 0 Å². The number of rotatable bonds is 12. The van der Waals surface area contributed by atoms with Crippen molar-refractivity contribution in [3.63, 3.8) is 0 Å². The SMILES string of the molecule is COCC(COC)NC(=O)CCCCO[C@@H]1OC2CC[C@@]2(O)C(O)C1NC(C)=O. The second-order valence-corrected chi connectivity index (χ2v) is 7.70. The molecule has 0 bridgehead atoms. The number of methoxy groups -OCH3 is 2. The number of fused-ring (bicyclic) bond motifs is 1. The minimum absolute atomic E-state index is 0.0934. The number of aliphatic hydroxyl groups excluding tert-OH is 1. The van der Waals surface area contributed by atoms with Gasteiger partial charge < -0.3 is 39.8 Å². The zero-order valence-electron chi connectivity index (χ0n) is 17.4.